The first-order valence-electron chi connectivity index (χ1n) is 10.9. The van der Waals surface area contributed by atoms with E-state index >= 15 is 0 Å². The van der Waals surface area contributed by atoms with Crippen LogP contribution in [0.4, 0.5) is 0 Å². The molecule has 1 aromatic heterocycles. The van der Waals surface area contributed by atoms with E-state index in [1.165, 1.54) is 0 Å². The molecule has 31 heavy (non-hydrogen) atoms. The Morgan fingerprint density at radius 2 is 1.84 bits per heavy atom. The van der Waals surface area contributed by atoms with E-state index in [2.05, 4.69) is 44.2 Å². The van der Waals surface area contributed by atoms with Gasteiger partial charge in [0.25, 0.3) is 0 Å². The van der Waals surface area contributed by atoms with Gasteiger partial charge in [0.05, 0.1) is 30.3 Å². The highest BCUT2D eigenvalue weighted by Gasteiger charge is 2.13. The van der Waals surface area contributed by atoms with Gasteiger partial charge in [-0.2, -0.15) is 0 Å². The van der Waals surface area contributed by atoms with Crippen molar-refractivity contribution in [2.24, 2.45) is 4.99 Å². The fourth-order valence-corrected chi connectivity index (χ4v) is 3.58. The first-order chi connectivity index (χ1) is 15.1. The highest BCUT2D eigenvalue weighted by molar-refractivity contribution is 5.80. The highest BCUT2D eigenvalue weighted by Crippen LogP contribution is 2.30. The van der Waals surface area contributed by atoms with Crippen molar-refractivity contribution in [3.05, 3.63) is 53.9 Å². The molecule has 1 atom stereocenters. The number of nitrogens with one attached hydrogen (secondary N) is 2. The topological polar surface area (TPSA) is 72.7 Å². The summed E-state index contributed by atoms with van der Waals surface area (Å²) in [6, 6.07) is 14.3. The molecule has 0 radical (unpaired) electrons. The number of ether oxygens (including phenoxy) is 2. The minimum absolute atomic E-state index is 0.0527. The van der Waals surface area contributed by atoms with Crippen LogP contribution in [0, 0.1) is 6.92 Å². The number of benzene rings is 2. The monoisotopic (exact) mass is 423 g/mol. The normalized spacial score (nSPS) is 12.6. The van der Waals surface area contributed by atoms with E-state index in [0.717, 1.165) is 53.0 Å². The summed E-state index contributed by atoms with van der Waals surface area (Å²) in [7, 11) is 1.78. The Hall–Kier alpha value is -3.22. The van der Waals surface area contributed by atoms with Crippen molar-refractivity contribution in [2.75, 3.05) is 26.8 Å². The summed E-state index contributed by atoms with van der Waals surface area (Å²) in [6.07, 6.45) is 0. The molecule has 0 aliphatic heterocycles. The second-order valence-electron chi connectivity index (χ2n) is 7.24. The Bertz CT molecular complexity index is 1030. The van der Waals surface area contributed by atoms with Crippen LogP contribution in [-0.4, -0.2) is 42.3 Å². The third-order valence-electron chi connectivity index (χ3n) is 5.12. The summed E-state index contributed by atoms with van der Waals surface area (Å²) in [5.74, 6) is 3.30. The Balaban J connectivity index is 1.62. The largest absolute Gasteiger partial charge is 0.490 e. The highest BCUT2D eigenvalue weighted by atomic mass is 16.5. The maximum Gasteiger partial charge on any atom is 0.191 e. The predicted molar refractivity (Wildman–Crippen MR) is 126 cm³/mol. The summed E-state index contributed by atoms with van der Waals surface area (Å²) in [6.45, 7) is 10.8. The fourth-order valence-electron chi connectivity index (χ4n) is 3.58. The molecule has 166 valence electrons. The van der Waals surface area contributed by atoms with Crippen molar-refractivity contribution < 1.29 is 9.47 Å². The van der Waals surface area contributed by atoms with Gasteiger partial charge in [-0.3, -0.25) is 4.99 Å². The Labute approximate surface area is 184 Å². The molecule has 0 saturated heterocycles. The van der Waals surface area contributed by atoms with Gasteiger partial charge in [-0.25, -0.2) is 4.98 Å². The van der Waals surface area contributed by atoms with Gasteiger partial charge in [-0.05, 0) is 57.5 Å². The lowest BCUT2D eigenvalue weighted by molar-refractivity contribution is 0.287. The number of nitrogens with zero attached hydrogens (tertiary/aromatic N) is 3. The maximum absolute atomic E-state index is 5.76. The molecule has 1 unspecified atom stereocenters. The molecule has 2 aromatic carbocycles. The average Bonchev–Trinajstić information content (AvgIpc) is 3.09. The number of aryl methyl sites for hydroxylation is 1. The second-order valence-corrected chi connectivity index (χ2v) is 7.24. The van der Waals surface area contributed by atoms with Crippen LogP contribution < -0.4 is 20.1 Å². The van der Waals surface area contributed by atoms with Crippen LogP contribution in [-0.2, 0) is 6.54 Å². The summed E-state index contributed by atoms with van der Waals surface area (Å²) in [5, 5.41) is 6.86. The van der Waals surface area contributed by atoms with Crippen LogP contribution in [0.25, 0.3) is 11.0 Å². The van der Waals surface area contributed by atoms with E-state index in [1.807, 2.05) is 51.1 Å². The molecule has 0 saturated carbocycles. The Kier molecular flexibility index (Phi) is 7.76. The van der Waals surface area contributed by atoms with Crippen molar-refractivity contribution in [3.8, 4) is 11.5 Å². The van der Waals surface area contributed by atoms with Crippen molar-refractivity contribution >= 4 is 17.0 Å². The van der Waals surface area contributed by atoms with Gasteiger partial charge in [0.1, 0.15) is 5.82 Å². The fraction of sp³-hybridized carbons (Fsp3) is 0.417. The molecule has 7 nitrogen and oxygen atoms in total. The summed E-state index contributed by atoms with van der Waals surface area (Å²) >= 11 is 0. The van der Waals surface area contributed by atoms with Crippen LogP contribution in [0.3, 0.4) is 0 Å². The summed E-state index contributed by atoms with van der Waals surface area (Å²) in [5.41, 5.74) is 3.28. The van der Waals surface area contributed by atoms with Crippen molar-refractivity contribution in [1.29, 1.82) is 0 Å². The molecule has 7 heteroatoms. The van der Waals surface area contributed by atoms with E-state index in [1.54, 1.807) is 7.05 Å². The number of imidazole rings is 1. The van der Waals surface area contributed by atoms with Gasteiger partial charge in [-0.1, -0.05) is 18.2 Å². The first-order valence-corrected chi connectivity index (χ1v) is 10.9. The van der Waals surface area contributed by atoms with Crippen molar-refractivity contribution in [3.63, 3.8) is 0 Å². The summed E-state index contributed by atoms with van der Waals surface area (Å²) < 4.78 is 13.6. The quantitative estimate of drug-likeness (QED) is 0.401. The van der Waals surface area contributed by atoms with Gasteiger partial charge in [-0.15, -0.1) is 0 Å². The molecular weight excluding hydrogens is 390 g/mol. The zero-order valence-corrected chi connectivity index (χ0v) is 19.1. The van der Waals surface area contributed by atoms with Crippen molar-refractivity contribution in [1.82, 2.24) is 20.2 Å². The van der Waals surface area contributed by atoms with Crippen LogP contribution in [0.1, 0.15) is 38.2 Å². The SMILES string of the molecule is CCOc1ccc(C(C)NC(=NC)NCCn2c(C)nc3ccccc32)cc1OCC. The number of aliphatic imine (C=N–C) groups is 1. The molecule has 0 aliphatic rings. The number of para-hydroxylation sites is 2. The van der Waals surface area contributed by atoms with Crippen LogP contribution in [0.15, 0.2) is 47.5 Å². The molecule has 2 N–H and O–H groups in total. The zero-order chi connectivity index (χ0) is 22.2. The molecule has 1 heterocycles. The standard InChI is InChI=1S/C24H33N5O2/c1-6-30-22-13-12-19(16-23(22)31-7-2)17(3)27-24(25-5)26-14-15-29-18(4)28-20-10-8-9-11-21(20)29/h8-13,16-17H,6-7,14-15H2,1-5H3,(H2,25,26,27). The number of guanidine groups is 1. The van der Waals surface area contributed by atoms with Crippen LogP contribution >= 0.6 is 0 Å². The van der Waals surface area contributed by atoms with E-state index in [-0.39, 0.29) is 6.04 Å². The maximum atomic E-state index is 5.76. The van der Waals surface area contributed by atoms with Crippen molar-refractivity contribution in [2.45, 2.75) is 40.3 Å². The predicted octanol–water partition coefficient (Wildman–Crippen LogP) is 4.07. The lowest BCUT2D eigenvalue weighted by Gasteiger charge is -2.20. The number of hydrogen-bond acceptors (Lipinski definition) is 4. The van der Waals surface area contributed by atoms with Gasteiger partial charge in [0.2, 0.25) is 0 Å². The molecular formula is C24H33N5O2. The Morgan fingerprint density at radius 1 is 1.10 bits per heavy atom. The molecule has 0 spiro atoms. The smallest absolute Gasteiger partial charge is 0.191 e. The molecule has 0 bridgehead atoms. The van der Waals surface area contributed by atoms with E-state index < -0.39 is 0 Å². The third-order valence-corrected chi connectivity index (χ3v) is 5.12. The second kappa shape index (κ2) is 10.7. The Morgan fingerprint density at radius 3 is 2.58 bits per heavy atom. The first kappa shape index (κ1) is 22.5. The minimum Gasteiger partial charge on any atom is -0.490 e. The molecule has 3 rings (SSSR count). The molecule has 0 amide bonds. The number of hydrogen-bond donors (Lipinski definition) is 2. The van der Waals surface area contributed by atoms with E-state index in [0.29, 0.717) is 13.2 Å². The van der Waals surface area contributed by atoms with Gasteiger partial charge in [0.15, 0.2) is 17.5 Å². The van der Waals surface area contributed by atoms with Gasteiger partial charge >= 0.3 is 0 Å². The van der Waals surface area contributed by atoms with Crippen LogP contribution in [0.2, 0.25) is 0 Å². The number of rotatable bonds is 9. The summed E-state index contributed by atoms with van der Waals surface area (Å²) in [4.78, 5) is 9.01. The molecule has 3 aromatic rings. The van der Waals surface area contributed by atoms with Gasteiger partial charge in [0, 0.05) is 20.1 Å². The number of aromatic nitrogens is 2. The lowest BCUT2D eigenvalue weighted by atomic mass is 10.1. The third kappa shape index (κ3) is 5.48. The lowest BCUT2D eigenvalue weighted by Crippen LogP contribution is -2.40. The van der Waals surface area contributed by atoms with E-state index in [4.69, 9.17) is 9.47 Å². The number of fused-ring (bicyclic) bond motifs is 1. The van der Waals surface area contributed by atoms with Crippen LogP contribution in [0.5, 0.6) is 11.5 Å². The molecule has 0 aliphatic carbocycles. The molecule has 0 fully saturated rings. The van der Waals surface area contributed by atoms with Gasteiger partial charge < -0.3 is 24.7 Å². The average molecular weight is 424 g/mol. The van der Waals surface area contributed by atoms with E-state index in [9.17, 15) is 0 Å². The minimum atomic E-state index is 0.0527. The zero-order valence-electron chi connectivity index (χ0n) is 19.1.